The number of nitrogens with one attached hydrogen (secondary N) is 1. The summed E-state index contributed by atoms with van der Waals surface area (Å²) in [7, 11) is 0. The van der Waals surface area contributed by atoms with E-state index in [1.165, 1.54) is 24.8 Å². The molecule has 1 aliphatic rings. The summed E-state index contributed by atoms with van der Waals surface area (Å²) in [6, 6.07) is 10.6. The van der Waals surface area contributed by atoms with Gasteiger partial charge in [0.15, 0.2) is 5.82 Å². The average Bonchev–Trinajstić information content (AvgIpc) is 2.48. The van der Waals surface area contributed by atoms with E-state index in [9.17, 15) is 0 Å². The first-order valence-electron chi connectivity index (χ1n) is 7.39. The van der Waals surface area contributed by atoms with Crippen molar-refractivity contribution in [2.75, 3.05) is 6.54 Å². The van der Waals surface area contributed by atoms with E-state index in [0.29, 0.717) is 6.04 Å². The molecule has 104 valence electrons. The van der Waals surface area contributed by atoms with Gasteiger partial charge in [0, 0.05) is 28.6 Å². The second-order valence-corrected chi connectivity index (χ2v) is 5.50. The predicted octanol–water partition coefficient (Wildman–Crippen LogP) is 3.58. The minimum Gasteiger partial charge on any atom is -0.310 e. The van der Waals surface area contributed by atoms with Crippen LogP contribution in [0.3, 0.4) is 0 Å². The molecule has 1 saturated heterocycles. The van der Waals surface area contributed by atoms with E-state index in [1.807, 2.05) is 18.2 Å². The Bertz CT molecular complexity index is 563. The van der Waals surface area contributed by atoms with E-state index < -0.39 is 0 Å². The number of benzene rings is 1. The van der Waals surface area contributed by atoms with E-state index >= 15 is 0 Å². The van der Waals surface area contributed by atoms with Crippen molar-refractivity contribution >= 4 is 0 Å². The first-order valence-corrected chi connectivity index (χ1v) is 7.39. The van der Waals surface area contributed by atoms with Crippen LogP contribution in [0.15, 0.2) is 30.3 Å². The van der Waals surface area contributed by atoms with Crippen LogP contribution in [0, 0.1) is 13.8 Å². The lowest BCUT2D eigenvalue weighted by atomic mass is 9.95. The number of hydrogen-bond donors (Lipinski definition) is 1. The van der Waals surface area contributed by atoms with E-state index in [-0.39, 0.29) is 0 Å². The second-order valence-electron chi connectivity index (χ2n) is 5.50. The van der Waals surface area contributed by atoms with Crippen LogP contribution in [0.5, 0.6) is 0 Å². The van der Waals surface area contributed by atoms with Gasteiger partial charge in [0.2, 0.25) is 0 Å². The van der Waals surface area contributed by atoms with Crippen molar-refractivity contribution in [3.63, 3.8) is 0 Å². The Balaban J connectivity index is 1.98. The number of piperidine rings is 1. The Morgan fingerprint density at radius 2 is 1.70 bits per heavy atom. The number of aryl methyl sites for hydroxylation is 2. The van der Waals surface area contributed by atoms with Gasteiger partial charge in [-0.15, -0.1) is 0 Å². The summed E-state index contributed by atoms with van der Waals surface area (Å²) < 4.78 is 0. The quantitative estimate of drug-likeness (QED) is 0.903. The van der Waals surface area contributed by atoms with Gasteiger partial charge in [0.25, 0.3) is 0 Å². The van der Waals surface area contributed by atoms with Gasteiger partial charge >= 0.3 is 0 Å². The summed E-state index contributed by atoms with van der Waals surface area (Å²) >= 11 is 0. The van der Waals surface area contributed by atoms with Crippen molar-refractivity contribution < 1.29 is 0 Å². The Morgan fingerprint density at radius 3 is 2.30 bits per heavy atom. The van der Waals surface area contributed by atoms with Crippen molar-refractivity contribution in [3.05, 3.63) is 47.3 Å². The molecule has 0 spiro atoms. The van der Waals surface area contributed by atoms with Crippen LogP contribution in [0.1, 0.15) is 42.3 Å². The third kappa shape index (κ3) is 2.59. The zero-order chi connectivity index (χ0) is 13.9. The van der Waals surface area contributed by atoms with Gasteiger partial charge < -0.3 is 5.32 Å². The van der Waals surface area contributed by atoms with Crippen LogP contribution in [-0.2, 0) is 0 Å². The molecule has 0 saturated carbocycles. The van der Waals surface area contributed by atoms with Crippen molar-refractivity contribution in [1.29, 1.82) is 0 Å². The Morgan fingerprint density at radius 1 is 1.00 bits per heavy atom. The largest absolute Gasteiger partial charge is 0.310 e. The van der Waals surface area contributed by atoms with E-state index in [0.717, 1.165) is 29.3 Å². The summed E-state index contributed by atoms with van der Waals surface area (Å²) in [6.45, 7) is 5.31. The van der Waals surface area contributed by atoms with E-state index in [2.05, 4.69) is 31.3 Å². The molecule has 3 rings (SSSR count). The summed E-state index contributed by atoms with van der Waals surface area (Å²) in [4.78, 5) is 9.46. The van der Waals surface area contributed by atoms with Crippen LogP contribution in [0.25, 0.3) is 11.4 Å². The number of rotatable bonds is 2. The van der Waals surface area contributed by atoms with Gasteiger partial charge in [0.05, 0.1) is 0 Å². The molecule has 1 aromatic carbocycles. The fourth-order valence-corrected chi connectivity index (χ4v) is 3.04. The van der Waals surface area contributed by atoms with Crippen LogP contribution in [-0.4, -0.2) is 16.5 Å². The molecule has 1 unspecified atom stereocenters. The fraction of sp³-hybridized carbons (Fsp3) is 0.412. The molecular formula is C17H21N3. The lowest BCUT2D eigenvalue weighted by Crippen LogP contribution is -2.28. The molecule has 0 amide bonds. The lowest BCUT2D eigenvalue weighted by molar-refractivity contribution is 0.408. The molecule has 0 aliphatic carbocycles. The molecule has 20 heavy (non-hydrogen) atoms. The molecule has 1 N–H and O–H groups in total. The Hall–Kier alpha value is -1.74. The molecule has 0 bridgehead atoms. The molecule has 1 fully saturated rings. The highest BCUT2D eigenvalue weighted by molar-refractivity contribution is 5.55. The standard InChI is InChI=1S/C17H21N3/c1-12-16(15-10-6-7-11-18-15)13(2)20-17(19-12)14-8-4-3-5-9-14/h3-5,8-9,15,18H,6-7,10-11H2,1-2H3. The molecule has 3 heteroatoms. The SMILES string of the molecule is Cc1nc(-c2ccccc2)nc(C)c1C1CCCCN1. The third-order valence-electron chi connectivity index (χ3n) is 4.02. The zero-order valence-corrected chi connectivity index (χ0v) is 12.2. The molecule has 1 aromatic heterocycles. The normalized spacial score (nSPS) is 19.0. The van der Waals surface area contributed by atoms with Gasteiger partial charge in [0.1, 0.15) is 0 Å². The van der Waals surface area contributed by atoms with Crippen LogP contribution < -0.4 is 5.32 Å². The fourth-order valence-electron chi connectivity index (χ4n) is 3.04. The molecule has 2 aromatic rings. The highest BCUT2D eigenvalue weighted by atomic mass is 15.0. The summed E-state index contributed by atoms with van der Waals surface area (Å²) in [6.07, 6.45) is 3.75. The molecule has 0 radical (unpaired) electrons. The molecule has 3 nitrogen and oxygen atoms in total. The van der Waals surface area contributed by atoms with Gasteiger partial charge in [-0.05, 0) is 33.2 Å². The Kier molecular flexibility index (Phi) is 3.79. The van der Waals surface area contributed by atoms with Crippen LogP contribution in [0.2, 0.25) is 0 Å². The van der Waals surface area contributed by atoms with Gasteiger partial charge in [-0.1, -0.05) is 36.8 Å². The van der Waals surface area contributed by atoms with Crippen molar-refractivity contribution in [1.82, 2.24) is 15.3 Å². The summed E-state index contributed by atoms with van der Waals surface area (Å²) in [5.74, 6) is 0.833. The van der Waals surface area contributed by atoms with Crippen LogP contribution in [0.4, 0.5) is 0 Å². The van der Waals surface area contributed by atoms with E-state index in [1.54, 1.807) is 0 Å². The van der Waals surface area contributed by atoms with Crippen molar-refractivity contribution in [2.45, 2.75) is 39.2 Å². The molecule has 1 aliphatic heterocycles. The summed E-state index contributed by atoms with van der Waals surface area (Å²) in [5, 5.41) is 3.60. The number of nitrogens with zero attached hydrogens (tertiary/aromatic N) is 2. The molecular weight excluding hydrogens is 246 g/mol. The number of hydrogen-bond acceptors (Lipinski definition) is 3. The first kappa shape index (κ1) is 13.3. The maximum absolute atomic E-state index is 4.73. The van der Waals surface area contributed by atoms with E-state index in [4.69, 9.17) is 9.97 Å². The maximum Gasteiger partial charge on any atom is 0.159 e. The maximum atomic E-state index is 4.73. The topological polar surface area (TPSA) is 37.8 Å². The average molecular weight is 267 g/mol. The zero-order valence-electron chi connectivity index (χ0n) is 12.2. The first-order chi connectivity index (χ1) is 9.75. The van der Waals surface area contributed by atoms with Gasteiger partial charge in [-0.3, -0.25) is 0 Å². The predicted molar refractivity (Wildman–Crippen MR) is 81.5 cm³/mol. The Labute approximate surface area is 120 Å². The smallest absolute Gasteiger partial charge is 0.159 e. The van der Waals surface area contributed by atoms with Crippen molar-refractivity contribution in [2.24, 2.45) is 0 Å². The second kappa shape index (κ2) is 5.71. The molecule has 2 heterocycles. The molecule has 1 atom stereocenters. The van der Waals surface area contributed by atoms with Crippen molar-refractivity contribution in [3.8, 4) is 11.4 Å². The highest BCUT2D eigenvalue weighted by Gasteiger charge is 2.20. The lowest BCUT2D eigenvalue weighted by Gasteiger charge is -2.26. The van der Waals surface area contributed by atoms with Gasteiger partial charge in [-0.25, -0.2) is 9.97 Å². The third-order valence-corrected chi connectivity index (χ3v) is 4.02. The highest BCUT2D eigenvalue weighted by Crippen LogP contribution is 2.28. The number of aromatic nitrogens is 2. The monoisotopic (exact) mass is 267 g/mol. The van der Waals surface area contributed by atoms with Gasteiger partial charge in [-0.2, -0.15) is 0 Å². The summed E-state index contributed by atoms with van der Waals surface area (Å²) in [5.41, 5.74) is 4.60. The minimum absolute atomic E-state index is 0.425. The minimum atomic E-state index is 0.425. The van der Waals surface area contributed by atoms with Crippen LogP contribution >= 0.6 is 0 Å².